The molecule has 1 aliphatic carbocycles. The van der Waals surface area contributed by atoms with Gasteiger partial charge in [-0.15, -0.1) is 0 Å². The molecule has 0 radical (unpaired) electrons. The molecular formula is C21H23F2N2O5PS. The number of allylic oxidation sites excluding steroid dienone is 1. The van der Waals surface area contributed by atoms with Crippen molar-refractivity contribution in [1.82, 2.24) is 0 Å². The summed E-state index contributed by atoms with van der Waals surface area (Å²) in [6.45, 7) is 0. The van der Waals surface area contributed by atoms with Crippen LogP contribution in [0.3, 0.4) is 0 Å². The number of hydrogen-bond donors (Lipinski definition) is 2. The molecule has 0 saturated carbocycles. The molecule has 3 rings (SSSR count). The molecule has 0 bridgehead atoms. The second kappa shape index (κ2) is 9.83. The van der Waals surface area contributed by atoms with Gasteiger partial charge in [-0.2, -0.15) is 8.78 Å². The van der Waals surface area contributed by atoms with E-state index in [-0.39, 0.29) is 28.0 Å². The number of hydrogen-bond acceptors (Lipinski definition) is 5. The molecule has 1 amide bonds. The van der Waals surface area contributed by atoms with E-state index in [9.17, 15) is 22.0 Å². The molecule has 0 aromatic heterocycles. The average Bonchev–Trinajstić information content (AvgIpc) is 2.72. The lowest BCUT2D eigenvalue weighted by Gasteiger charge is -2.16. The summed E-state index contributed by atoms with van der Waals surface area (Å²) in [4.78, 5) is 12.2. The molecule has 0 heterocycles. The van der Waals surface area contributed by atoms with Crippen LogP contribution in [0, 0.1) is 0 Å². The second-order valence-corrected chi connectivity index (χ2v) is 9.42. The van der Waals surface area contributed by atoms with Gasteiger partial charge in [0.05, 0.1) is 12.8 Å². The third-order valence-electron chi connectivity index (χ3n) is 4.63. The highest BCUT2D eigenvalue weighted by Gasteiger charge is 2.24. The highest BCUT2D eigenvalue weighted by Crippen LogP contribution is 2.32. The van der Waals surface area contributed by atoms with Crippen molar-refractivity contribution in [2.75, 3.05) is 17.1 Å². The Morgan fingerprint density at radius 1 is 1.12 bits per heavy atom. The highest BCUT2D eigenvalue weighted by atomic mass is 32.2. The van der Waals surface area contributed by atoms with Crippen LogP contribution in [0.2, 0.25) is 0 Å². The number of amides is 1. The van der Waals surface area contributed by atoms with Gasteiger partial charge in [0.2, 0.25) is 0 Å². The van der Waals surface area contributed by atoms with Crippen LogP contribution in [0.1, 0.15) is 25.7 Å². The van der Waals surface area contributed by atoms with E-state index < -0.39 is 15.9 Å². The number of methoxy groups -OCH3 is 1. The zero-order valence-corrected chi connectivity index (χ0v) is 19.2. The number of carbonyl (C=O) groups is 1. The number of halogens is 2. The van der Waals surface area contributed by atoms with Crippen molar-refractivity contribution < 1.29 is 31.5 Å². The van der Waals surface area contributed by atoms with E-state index in [0.29, 0.717) is 17.7 Å². The highest BCUT2D eigenvalue weighted by molar-refractivity contribution is 7.92. The van der Waals surface area contributed by atoms with Gasteiger partial charge < -0.3 is 14.8 Å². The Labute approximate surface area is 187 Å². The summed E-state index contributed by atoms with van der Waals surface area (Å²) in [6.07, 6.45) is 5.47. The maximum Gasteiger partial charge on any atom is 0.408 e. The molecule has 2 aromatic carbocycles. The molecule has 0 aliphatic heterocycles. The number of alkyl halides is 2. The van der Waals surface area contributed by atoms with Crippen molar-refractivity contribution in [1.29, 1.82) is 0 Å². The topological polar surface area (TPSA) is 93.7 Å². The van der Waals surface area contributed by atoms with Gasteiger partial charge in [0.15, 0.2) is 0 Å². The first-order valence-electron chi connectivity index (χ1n) is 9.74. The van der Waals surface area contributed by atoms with E-state index >= 15 is 0 Å². The third kappa shape index (κ3) is 6.40. The fourth-order valence-corrected chi connectivity index (χ4v) is 4.55. The minimum Gasteiger partial charge on any atom is -0.495 e. The van der Waals surface area contributed by atoms with Gasteiger partial charge in [-0.3, -0.25) is 9.52 Å². The molecule has 0 saturated heterocycles. The van der Waals surface area contributed by atoms with Crippen LogP contribution in [0.15, 0.2) is 59.0 Å². The first kappa shape index (κ1) is 23.9. The van der Waals surface area contributed by atoms with Gasteiger partial charge >= 0.3 is 5.85 Å². The second-order valence-electron chi connectivity index (χ2n) is 7.09. The molecule has 0 fully saturated rings. The Balaban J connectivity index is 1.80. The standard InChI is InChI=1S/C21H23F2N2O5PS/c1-29-18-13-15(24-20(26)14-6-3-2-4-7-14)10-11-19(18)32(27,28)25-16-8-5-9-17(12-16)30-21(22,23)31/h5-6,8-13,25H,2-4,7,31H2,1H3,(H,24,26). The van der Waals surface area contributed by atoms with Crippen LogP contribution in [0.25, 0.3) is 0 Å². The first-order valence-corrected chi connectivity index (χ1v) is 11.8. The number of benzene rings is 2. The Morgan fingerprint density at radius 2 is 1.91 bits per heavy atom. The van der Waals surface area contributed by atoms with E-state index in [4.69, 9.17) is 4.74 Å². The summed E-state index contributed by atoms with van der Waals surface area (Å²) in [6, 6.07) is 9.33. The van der Waals surface area contributed by atoms with Gasteiger partial charge in [0.25, 0.3) is 15.9 Å². The summed E-state index contributed by atoms with van der Waals surface area (Å²) >= 11 is 0. The number of carbonyl (C=O) groups excluding carboxylic acids is 1. The monoisotopic (exact) mass is 484 g/mol. The number of ether oxygens (including phenoxy) is 2. The lowest BCUT2D eigenvalue weighted by atomic mass is 9.99. The average molecular weight is 484 g/mol. The lowest BCUT2D eigenvalue weighted by Crippen LogP contribution is -2.17. The predicted molar refractivity (Wildman–Crippen MR) is 121 cm³/mol. The molecule has 2 aromatic rings. The largest absolute Gasteiger partial charge is 0.495 e. The van der Waals surface area contributed by atoms with Crippen molar-refractivity contribution in [2.45, 2.75) is 36.4 Å². The summed E-state index contributed by atoms with van der Waals surface area (Å²) in [5, 5.41) is 2.75. The van der Waals surface area contributed by atoms with Crippen LogP contribution < -0.4 is 19.5 Å². The quantitative estimate of drug-likeness (QED) is 0.528. The van der Waals surface area contributed by atoms with E-state index in [0.717, 1.165) is 25.3 Å². The van der Waals surface area contributed by atoms with Crippen molar-refractivity contribution >= 4 is 36.5 Å². The molecule has 2 N–H and O–H groups in total. The molecule has 172 valence electrons. The number of sulfonamides is 1. The maximum absolute atomic E-state index is 13.0. The normalized spacial score (nSPS) is 14.3. The Bertz CT molecular complexity index is 1130. The van der Waals surface area contributed by atoms with Crippen molar-refractivity contribution in [3.63, 3.8) is 0 Å². The van der Waals surface area contributed by atoms with Crippen LogP contribution in [-0.2, 0) is 14.8 Å². The predicted octanol–water partition coefficient (Wildman–Crippen LogP) is 4.74. The molecule has 11 heteroatoms. The Kier molecular flexibility index (Phi) is 7.36. The van der Waals surface area contributed by atoms with E-state index in [2.05, 4.69) is 14.8 Å². The zero-order chi connectivity index (χ0) is 23.4. The fourth-order valence-electron chi connectivity index (χ4n) is 3.21. The summed E-state index contributed by atoms with van der Waals surface area (Å²) in [5.74, 6) is -3.93. The number of rotatable bonds is 8. The van der Waals surface area contributed by atoms with Crippen molar-refractivity contribution in [3.05, 3.63) is 54.1 Å². The first-order chi connectivity index (χ1) is 15.1. The van der Waals surface area contributed by atoms with Crippen molar-refractivity contribution in [3.8, 4) is 11.5 Å². The number of nitrogens with one attached hydrogen (secondary N) is 2. The van der Waals surface area contributed by atoms with Crippen LogP contribution >= 0.6 is 9.24 Å². The molecular weight excluding hydrogens is 461 g/mol. The summed E-state index contributed by atoms with van der Waals surface area (Å²) < 4.78 is 63.8. The molecule has 32 heavy (non-hydrogen) atoms. The fraction of sp³-hybridized carbons (Fsp3) is 0.286. The van der Waals surface area contributed by atoms with Gasteiger partial charge in [0.1, 0.15) is 16.4 Å². The van der Waals surface area contributed by atoms with Gasteiger partial charge in [0, 0.05) is 23.4 Å². The minimum atomic E-state index is -4.13. The van der Waals surface area contributed by atoms with Crippen molar-refractivity contribution in [2.24, 2.45) is 0 Å². The van der Waals surface area contributed by atoms with Crippen LogP contribution in [-0.4, -0.2) is 27.3 Å². The van der Waals surface area contributed by atoms with E-state index in [1.165, 1.54) is 52.7 Å². The summed E-state index contributed by atoms with van der Waals surface area (Å²) in [7, 11) is -1.58. The van der Waals surface area contributed by atoms with Crippen LogP contribution in [0.5, 0.6) is 11.5 Å². The SMILES string of the molecule is COc1cc(NC(=O)C2=CCCCC2)ccc1S(=O)(=O)Nc1cccc(OC(F)(F)P)c1. The third-order valence-corrected chi connectivity index (χ3v) is 6.17. The molecule has 1 aliphatic rings. The molecule has 7 nitrogen and oxygen atoms in total. The van der Waals surface area contributed by atoms with Gasteiger partial charge in [-0.1, -0.05) is 12.1 Å². The van der Waals surface area contributed by atoms with Gasteiger partial charge in [-0.25, -0.2) is 8.42 Å². The smallest absolute Gasteiger partial charge is 0.408 e. The van der Waals surface area contributed by atoms with E-state index in [1.807, 2.05) is 6.08 Å². The maximum atomic E-state index is 13.0. The Hall–Kier alpha value is -2.71. The van der Waals surface area contributed by atoms with E-state index in [1.54, 1.807) is 0 Å². The molecule has 1 atom stereocenters. The minimum absolute atomic E-state index is 0.0109. The lowest BCUT2D eigenvalue weighted by molar-refractivity contribution is -0.113. The zero-order valence-electron chi connectivity index (χ0n) is 17.2. The molecule has 0 spiro atoms. The number of anilines is 2. The van der Waals surface area contributed by atoms with Crippen LogP contribution in [0.4, 0.5) is 20.2 Å². The van der Waals surface area contributed by atoms with Gasteiger partial charge in [-0.05, 0) is 59.2 Å². The molecule has 1 unspecified atom stereocenters. The Morgan fingerprint density at radius 3 is 2.56 bits per heavy atom. The summed E-state index contributed by atoms with van der Waals surface area (Å²) in [5.41, 5.74) is 1.11.